The fourth-order valence-corrected chi connectivity index (χ4v) is 2.36. The van der Waals surface area contributed by atoms with Crippen molar-refractivity contribution in [2.45, 2.75) is 45.4 Å². The summed E-state index contributed by atoms with van der Waals surface area (Å²) in [7, 11) is 0. The molecule has 0 aromatic rings. The molecule has 0 spiro atoms. The van der Waals surface area contributed by atoms with Gasteiger partial charge in [-0.25, -0.2) is 4.79 Å². The molecule has 3 N–H and O–H groups in total. The van der Waals surface area contributed by atoms with Crippen molar-refractivity contribution in [3.05, 3.63) is 0 Å². The molecule has 1 fully saturated rings. The number of carbonyl (C=O) groups is 3. The molecule has 19 heavy (non-hydrogen) atoms. The third-order valence-corrected chi connectivity index (χ3v) is 3.34. The predicted molar refractivity (Wildman–Crippen MR) is 69.5 cm³/mol. The Morgan fingerprint density at radius 3 is 2.42 bits per heavy atom. The van der Waals surface area contributed by atoms with Crippen LogP contribution in [0.5, 0.6) is 0 Å². The molecule has 1 aliphatic carbocycles. The number of carboxylic acid groups (broad SMARTS) is 1. The number of amides is 3. The number of imide groups is 1. The molecule has 0 aromatic carbocycles. The van der Waals surface area contributed by atoms with Crippen LogP contribution in [0.15, 0.2) is 0 Å². The first-order valence-electron chi connectivity index (χ1n) is 6.77. The van der Waals surface area contributed by atoms with Crippen LogP contribution < -0.4 is 10.6 Å². The van der Waals surface area contributed by atoms with Gasteiger partial charge < -0.3 is 10.4 Å². The molecule has 108 valence electrons. The molecule has 3 amide bonds. The standard InChI is InChI=1S/C13H22N2O4/c1-9(7-12(17)18)6-11(16)15-13(19)14-8-10-4-2-3-5-10/h9-10H,2-8H2,1H3,(H,17,18)(H2,14,15,16,19). The molecule has 0 bridgehead atoms. The molecule has 0 aliphatic heterocycles. The second-order valence-electron chi connectivity index (χ2n) is 5.32. The Hall–Kier alpha value is -1.59. The van der Waals surface area contributed by atoms with Crippen molar-refractivity contribution in [3.63, 3.8) is 0 Å². The van der Waals surface area contributed by atoms with Crippen molar-refractivity contribution in [1.82, 2.24) is 10.6 Å². The van der Waals surface area contributed by atoms with Crippen molar-refractivity contribution < 1.29 is 19.5 Å². The number of nitrogens with one attached hydrogen (secondary N) is 2. The summed E-state index contributed by atoms with van der Waals surface area (Å²) in [6.07, 6.45) is 4.65. The maximum absolute atomic E-state index is 11.5. The van der Waals surface area contributed by atoms with Crippen LogP contribution in [0, 0.1) is 11.8 Å². The van der Waals surface area contributed by atoms with Gasteiger partial charge in [-0.1, -0.05) is 19.8 Å². The number of carboxylic acids is 1. The molecule has 1 rings (SSSR count). The molecule has 6 nitrogen and oxygen atoms in total. The van der Waals surface area contributed by atoms with E-state index in [9.17, 15) is 14.4 Å². The van der Waals surface area contributed by atoms with E-state index < -0.39 is 17.9 Å². The zero-order valence-corrected chi connectivity index (χ0v) is 11.3. The zero-order chi connectivity index (χ0) is 14.3. The Bertz CT molecular complexity index is 338. The lowest BCUT2D eigenvalue weighted by Gasteiger charge is -2.12. The van der Waals surface area contributed by atoms with E-state index in [4.69, 9.17) is 5.11 Å². The maximum atomic E-state index is 11.5. The Morgan fingerprint density at radius 2 is 1.84 bits per heavy atom. The lowest BCUT2D eigenvalue weighted by atomic mass is 10.0. The van der Waals surface area contributed by atoms with Crippen LogP contribution >= 0.6 is 0 Å². The van der Waals surface area contributed by atoms with Crippen LogP contribution in [-0.2, 0) is 9.59 Å². The Morgan fingerprint density at radius 1 is 1.21 bits per heavy atom. The Balaban J connectivity index is 2.16. The summed E-state index contributed by atoms with van der Waals surface area (Å²) >= 11 is 0. The minimum Gasteiger partial charge on any atom is -0.481 e. The molecule has 1 aliphatic rings. The molecule has 1 saturated carbocycles. The van der Waals surface area contributed by atoms with Gasteiger partial charge in [-0.2, -0.15) is 0 Å². The number of urea groups is 1. The molecule has 0 radical (unpaired) electrons. The minimum absolute atomic E-state index is 0.0448. The summed E-state index contributed by atoms with van der Waals surface area (Å²) in [5, 5.41) is 13.5. The lowest BCUT2D eigenvalue weighted by Crippen LogP contribution is -2.41. The van der Waals surface area contributed by atoms with Gasteiger partial charge in [-0.15, -0.1) is 0 Å². The monoisotopic (exact) mass is 270 g/mol. The highest BCUT2D eigenvalue weighted by atomic mass is 16.4. The highest BCUT2D eigenvalue weighted by Crippen LogP contribution is 2.23. The number of aliphatic carboxylic acids is 1. The van der Waals surface area contributed by atoms with Crippen molar-refractivity contribution in [2.75, 3.05) is 6.54 Å². The van der Waals surface area contributed by atoms with E-state index in [1.807, 2.05) is 0 Å². The second kappa shape index (κ2) is 7.76. The van der Waals surface area contributed by atoms with Crippen LogP contribution in [0.2, 0.25) is 0 Å². The van der Waals surface area contributed by atoms with Gasteiger partial charge in [0.15, 0.2) is 0 Å². The summed E-state index contributed by atoms with van der Waals surface area (Å²) in [5.41, 5.74) is 0. The van der Waals surface area contributed by atoms with E-state index >= 15 is 0 Å². The molecule has 6 heteroatoms. The van der Waals surface area contributed by atoms with Crippen LogP contribution in [-0.4, -0.2) is 29.6 Å². The van der Waals surface area contributed by atoms with Gasteiger partial charge in [0, 0.05) is 19.4 Å². The van der Waals surface area contributed by atoms with Crippen molar-refractivity contribution in [1.29, 1.82) is 0 Å². The van der Waals surface area contributed by atoms with Crippen LogP contribution in [0.4, 0.5) is 4.79 Å². The molecule has 0 heterocycles. The van der Waals surface area contributed by atoms with E-state index in [0.29, 0.717) is 12.5 Å². The molecule has 1 unspecified atom stereocenters. The van der Waals surface area contributed by atoms with E-state index in [-0.39, 0.29) is 18.8 Å². The summed E-state index contributed by atoms with van der Waals surface area (Å²) in [5.74, 6) is -1.13. The van der Waals surface area contributed by atoms with Gasteiger partial charge in [0.05, 0.1) is 0 Å². The number of hydrogen-bond donors (Lipinski definition) is 3. The summed E-state index contributed by atoms with van der Waals surface area (Å²) < 4.78 is 0. The van der Waals surface area contributed by atoms with Gasteiger partial charge in [0.1, 0.15) is 0 Å². The van der Waals surface area contributed by atoms with E-state index in [1.54, 1.807) is 6.92 Å². The van der Waals surface area contributed by atoms with Crippen LogP contribution in [0.25, 0.3) is 0 Å². The normalized spacial score (nSPS) is 16.9. The van der Waals surface area contributed by atoms with Gasteiger partial charge in [0.2, 0.25) is 5.91 Å². The van der Waals surface area contributed by atoms with Gasteiger partial charge >= 0.3 is 12.0 Å². The topological polar surface area (TPSA) is 95.5 Å². The smallest absolute Gasteiger partial charge is 0.321 e. The molecular formula is C13H22N2O4. The van der Waals surface area contributed by atoms with Gasteiger partial charge in [-0.3, -0.25) is 14.9 Å². The average molecular weight is 270 g/mol. The number of hydrogen-bond acceptors (Lipinski definition) is 3. The zero-order valence-electron chi connectivity index (χ0n) is 11.3. The third kappa shape index (κ3) is 6.79. The highest BCUT2D eigenvalue weighted by Gasteiger charge is 2.17. The van der Waals surface area contributed by atoms with Crippen LogP contribution in [0.1, 0.15) is 45.4 Å². The first kappa shape index (κ1) is 15.5. The fourth-order valence-electron chi connectivity index (χ4n) is 2.36. The summed E-state index contributed by atoms with van der Waals surface area (Å²) in [6, 6.07) is -0.487. The molecule has 0 aromatic heterocycles. The van der Waals surface area contributed by atoms with Crippen molar-refractivity contribution in [2.24, 2.45) is 11.8 Å². The van der Waals surface area contributed by atoms with Crippen molar-refractivity contribution in [3.8, 4) is 0 Å². The minimum atomic E-state index is -0.939. The van der Waals surface area contributed by atoms with E-state index in [0.717, 1.165) is 12.8 Å². The Kier molecular flexibility index (Phi) is 6.32. The Labute approximate surface area is 112 Å². The third-order valence-electron chi connectivity index (χ3n) is 3.34. The largest absolute Gasteiger partial charge is 0.481 e. The number of carbonyl (C=O) groups excluding carboxylic acids is 2. The molecule has 1 atom stereocenters. The lowest BCUT2D eigenvalue weighted by molar-refractivity contribution is -0.138. The molecule has 0 saturated heterocycles. The van der Waals surface area contributed by atoms with E-state index in [2.05, 4.69) is 10.6 Å². The first-order chi connectivity index (χ1) is 8.97. The first-order valence-corrected chi connectivity index (χ1v) is 6.77. The fraction of sp³-hybridized carbons (Fsp3) is 0.769. The average Bonchev–Trinajstić information content (AvgIpc) is 2.77. The van der Waals surface area contributed by atoms with Gasteiger partial charge in [0.25, 0.3) is 0 Å². The maximum Gasteiger partial charge on any atom is 0.321 e. The van der Waals surface area contributed by atoms with E-state index in [1.165, 1.54) is 12.8 Å². The van der Waals surface area contributed by atoms with Gasteiger partial charge in [-0.05, 0) is 24.7 Å². The predicted octanol–water partition coefficient (Wildman–Crippen LogP) is 1.50. The summed E-state index contributed by atoms with van der Waals surface area (Å²) in [6.45, 7) is 2.27. The highest BCUT2D eigenvalue weighted by molar-refractivity contribution is 5.94. The van der Waals surface area contributed by atoms with Crippen molar-refractivity contribution >= 4 is 17.9 Å². The summed E-state index contributed by atoms with van der Waals surface area (Å²) in [4.78, 5) is 33.4. The SMILES string of the molecule is CC(CC(=O)O)CC(=O)NC(=O)NCC1CCCC1. The molecular weight excluding hydrogens is 248 g/mol. The quantitative estimate of drug-likeness (QED) is 0.681. The number of rotatable bonds is 6. The van der Waals surface area contributed by atoms with Crippen LogP contribution in [0.3, 0.4) is 0 Å². The second-order valence-corrected chi connectivity index (χ2v) is 5.32.